The zero-order chi connectivity index (χ0) is 15.7. The van der Waals surface area contributed by atoms with Crippen molar-refractivity contribution in [2.75, 3.05) is 21.3 Å². The van der Waals surface area contributed by atoms with Crippen LogP contribution in [0.15, 0.2) is 24.8 Å². The van der Waals surface area contributed by atoms with Crippen molar-refractivity contribution in [3.63, 3.8) is 0 Å². The predicted octanol–water partition coefficient (Wildman–Crippen LogP) is 3.88. The van der Waals surface area contributed by atoms with Crippen LogP contribution < -0.4 is 14.2 Å². The Labute approximate surface area is 127 Å². The molecule has 0 heterocycles. The average molecular weight is 294 g/mol. The van der Waals surface area contributed by atoms with Crippen molar-refractivity contribution in [2.24, 2.45) is 0 Å². The van der Waals surface area contributed by atoms with Gasteiger partial charge in [-0.3, -0.25) is 0 Å². The monoisotopic (exact) mass is 294 g/mol. The van der Waals surface area contributed by atoms with Crippen molar-refractivity contribution in [3.05, 3.63) is 30.4 Å². The van der Waals surface area contributed by atoms with Crippen LogP contribution in [0.4, 0.5) is 0 Å². The topological polar surface area (TPSA) is 47.9 Å². The Bertz CT molecular complexity index is 443. The van der Waals surface area contributed by atoms with Crippen LogP contribution in [0.1, 0.15) is 43.8 Å². The number of aliphatic hydroxyl groups excluding tert-OH is 1. The Morgan fingerprint density at radius 1 is 1.05 bits per heavy atom. The molecule has 0 radical (unpaired) electrons. The summed E-state index contributed by atoms with van der Waals surface area (Å²) in [7, 11) is 4.70. The minimum absolute atomic E-state index is 0.517. The fourth-order valence-electron chi connectivity index (χ4n) is 2.35. The quantitative estimate of drug-likeness (QED) is 0.525. The van der Waals surface area contributed by atoms with E-state index in [1.807, 2.05) is 12.1 Å². The molecule has 0 aromatic heterocycles. The molecule has 1 aromatic rings. The first-order valence-corrected chi connectivity index (χ1v) is 7.27. The standard InChI is InChI=1S/C17H26O4/c1-5-6-7-8-9-10-14(18)13-11-12-15(19-2)17(21-4)16(13)20-3/h5,11-12,14,18H,1,6-10H2,2-4H3. The Balaban J connectivity index is 2.79. The minimum atomic E-state index is -0.566. The van der Waals surface area contributed by atoms with E-state index in [0.29, 0.717) is 23.7 Å². The van der Waals surface area contributed by atoms with Crippen LogP contribution in [0.3, 0.4) is 0 Å². The zero-order valence-electron chi connectivity index (χ0n) is 13.2. The third-order valence-corrected chi connectivity index (χ3v) is 3.48. The number of benzene rings is 1. The van der Waals surface area contributed by atoms with E-state index in [9.17, 15) is 5.11 Å². The summed E-state index contributed by atoms with van der Waals surface area (Å²) >= 11 is 0. The van der Waals surface area contributed by atoms with E-state index in [-0.39, 0.29) is 0 Å². The number of rotatable bonds is 10. The summed E-state index contributed by atoms with van der Waals surface area (Å²) < 4.78 is 16.0. The van der Waals surface area contributed by atoms with Crippen LogP contribution in [-0.4, -0.2) is 26.4 Å². The highest BCUT2D eigenvalue weighted by molar-refractivity contribution is 5.56. The molecule has 4 nitrogen and oxygen atoms in total. The summed E-state index contributed by atoms with van der Waals surface area (Å²) in [6.07, 6.45) is 6.24. The van der Waals surface area contributed by atoms with Crippen molar-refractivity contribution in [3.8, 4) is 17.2 Å². The summed E-state index contributed by atoms with van der Waals surface area (Å²) in [6.45, 7) is 3.71. The molecule has 1 aromatic carbocycles. The zero-order valence-corrected chi connectivity index (χ0v) is 13.2. The number of aliphatic hydroxyl groups is 1. The van der Waals surface area contributed by atoms with Gasteiger partial charge in [0.15, 0.2) is 11.5 Å². The number of allylic oxidation sites excluding steroid dienone is 1. The van der Waals surface area contributed by atoms with Gasteiger partial charge < -0.3 is 19.3 Å². The number of ether oxygens (including phenoxy) is 3. The molecule has 1 N–H and O–H groups in total. The van der Waals surface area contributed by atoms with Crippen LogP contribution >= 0.6 is 0 Å². The largest absolute Gasteiger partial charge is 0.493 e. The van der Waals surface area contributed by atoms with Crippen molar-refractivity contribution < 1.29 is 19.3 Å². The second-order valence-corrected chi connectivity index (χ2v) is 4.87. The molecule has 0 aliphatic rings. The summed E-state index contributed by atoms with van der Waals surface area (Å²) in [5.74, 6) is 1.65. The maximum Gasteiger partial charge on any atom is 0.203 e. The lowest BCUT2D eigenvalue weighted by molar-refractivity contribution is 0.158. The second-order valence-electron chi connectivity index (χ2n) is 4.87. The molecule has 0 amide bonds. The van der Waals surface area contributed by atoms with Crippen LogP contribution in [0.2, 0.25) is 0 Å². The first-order valence-electron chi connectivity index (χ1n) is 7.27. The van der Waals surface area contributed by atoms with Crippen LogP contribution in [-0.2, 0) is 0 Å². The molecule has 0 aliphatic heterocycles. The molecule has 1 rings (SSSR count). The Morgan fingerprint density at radius 3 is 2.33 bits per heavy atom. The first kappa shape index (κ1) is 17.4. The molecule has 4 heteroatoms. The molecule has 0 saturated heterocycles. The summed E-state index contributed by atoms with van der Waals surface area (Å²) in [5.41, 5.74) is 0.735. The number of hydrogen-bond donors (Lipinski definition) is 1. The highest BCUT2D eigenvalue weighted by Gasteiger charge is 2.20. The molecule has 0 spiro atoms. The van der Waals surface area contributed by atoms with Gasteiger partial charge in [0.2, 0.25) is 5.75 Å². The van der Waals surface area contributed by atoms with Crippen molar-refractivity contribution in [2.45, 2.75) is 38.2 Å². The van der Waals surface area contributed by atoms with E-state index >= 15 is 0 Å². The van der Waals surface area contributed by atoms with Crippen LogP contribution in [0.25, 0.3) is 0 Å². The summed E-state index contributed by atoms with van der Waals surface area (Å²) in [6, 6.07) is 3.62. The van der Waals surface area contributed by atoms with E-state index < -0.39 is 6.10 Å². The smallest absolute Gasteiger partial charge is 0.203 e. The number of methoxy groups -OCH3 is 3. The third kappa shape index (κ3) is 4.67. The average Bonchev–Trinajstić information content (AvgIpc) is 2.52. The Morgan fingerprint density at radius 2 is 1.76 bits per heavy atom. The maximum atomic E-state index is 10.4. The van der Waals surface area contributed by atoms with Gasteiger partial charge in [-0.05, 0) is 31.4 Å². The van der Waals surface area contributed by atoms with Gasteiger partial charge in [0.05, 0.1) is 27.4 Å². The molecular weight excluding hydrogens is 268 g/mol. The van der Waals surface area contributed by atoms with E-state index in [0.717, 1.165) is 31.2 Å². The number of unbranched alkanes of at least 4 members (excludes halogenated alkanes) is 3. The van der Waals surface area contributed by atoms with Gasteiger partial charge in [-0.1, -0.05) is 18.9 Å². The van der Waals surface area contributed by atoms with Gasteiger partial charge in [0, 0.05) is 5.56 Å². The van der Waals surface area contributed by atoms with Gasteiger partial charge in [0.25, 0.3) is 0 Å². The molecule has 1 unspecified atom stereocenters. The molecule has 0 saturated carbocycles. The lowest BCUT2D eigenvalue weighted by Gasteiger charge is -2.19. The molecule has 1 atom stereocenters. The molecule has 0 aliphatic carbocycles. The van der Waals surface area contributed by atoms with Gasteiger partial charge in [0.1, 0.15) is 0 Å². The van der Waals surface area contributed by atoms with Gasteiger partial charge in [-0.15, -0.1) is 6.58 Å². The van der Waals surface area contributed by atoms with E-state index in [1.165, 1.54) is 0 Å². The Kier molecular flexibility index (Phi) is 7.69. The molecule has 21 heavy (non-hydrogen) atoms. The molecule has 118 valence electrons. The lowest BCUT2D eigenvalue weighted by Crippen LogP contribution is -2.04. The number of hydrogen-bond acceptors (Lipinski definition) is 4. The maximum absolute atomic E-state index is 10.4. The highest BCUT2D eigenvalue weighted by atomic mass is 16.5. The summed E-state index contributed by atoms with van der Waals surface area (Å²) in [5, 5.41) is 10.4. The van der Waals surface area contributed by atoms with Crippen molar-refractivity contribution in [1.82, 2.24) is 0 Å². The van der Waals surface area contributed by atoms with Crippen molar-refractivity contribution >= 4 is 0 Å². The first-order chi connectivity index (χ1) is 10.2. The SMILES string of the molecule is C=CCCCCCC(O)c1ccc(OC)c(OC)c1OC. The van der Waals surface area contributed by atoms with E-state index in [2.05, 4.69) is 6.58 Å². The van der Waals surface area contributed by atoms with Crippen molar-refractivity contribution in [1.29, 1.82) is 0 Å². The van der Waals surface area contributed by atoms with E-state index in [1.54, 1.807) is 27.4 Å². The summed E-state index contributed by atoms with van der Waals surface area (Å²) in [4.78, 5) is 0. The van der Waals surface area contributed by atoms with Gasteiger partial charge in [-0.25, -0.2) is 0 Å². The molecular formula is C17H26O4. The lowest BCUT2D eigenvalue weighted by atomic mass is 10.0. The van der Waals surface area contributed by atoms with Gasteiger partial charge >= 0.3 is 0 Å². The third-order valence-electron chi connectivity index (χ3n) is 3.48. The van der Waals surface area contributed by atoms with Crippen LogP contribution in [0, 0.1) is 0 Å². The second kappa shape index (κ2) is 9.29. The molecule has 0 bridgehead atoms. The Hall–Kier alpha value is -1.68. The fraction of sp³-hybridized carbons (Fsp3) is 0.529. The fourth-order valence-corrected chi connectivity index (χ4v) is 2.35. The molecule has 0 fully saturated rings. The normalized spacial score (nSPS) is 11.8. The highest BCUT2D eigenvalue weighted by Crippen LogP contribution is 2.42. The van der Waals surface area contributed by atoms with Gasteiger partial charge in [-0.2, -0.15) is 0 Å². The minimum Gasteiger partial charge on any atom is -0.493 e. The van der Waals surface area contributed by atoms with E-state index in [4.69, 9.17) is 14.2 Å². The predicted molar refractivity (Wildman–Crippen MR) is 84.3 cm³/mol. The van der Waals surface area contributed by atoms with Crippen LogP contribution in [0.5, 0.6) is 17.2 Å².